The number of carbonyl (C=O) groups excluding carboxylic acids is 1. The number of fused-ring (bicyclic) bond motifs is 1. The summed E-state index contributed by atoms with van der Waals surface area (Å²) in [5.74, 6) is 0.634. The van der Waals surface area contributed by atoms with E-state index < -0.39 is 0 Å². The van der Waals surface area contributed by atoms with Gasteiger partial charge in [0.15, 0.2) is 0 Å². The number of para-hydroxylation sites is 1. The van der Waals surface area contributed by atoms with Crippen molar-refractivity contribution in [3.8, 4) is 5.75 Å². The number of hydrogen-bond donors (Lipinski definition) is 1. The Labute approximate surface area is 145 Å². The first-order chi connectivity index (χ1) is 10.6. The second-order valence-electron chi connectivity index (χ2n) is 4.80. The lowest BCUT2D eigenvalue weighted by Crippen LogP contribution is -2.04. The van der Waals surface area contributed by atoms with Crippen molar-refractivity contribution in [1.29, 1.82) is 0 Å². The molecule has 0 saturated carbocycles. The third-order valence-electron chi connectivity index (χ3n) is 3.34. The number of anilines is 1. The van der Waals surface area contributed by atoms with Crippen molar-refractivity contribution in [3.63, 3.8) is 0 Å². The third kappa shape index (κ3) is 2.83. The SMILES string of the molecule is CCOc1c(Br)cc(Br)cc1/C=C1\C(=O)Nc2ccccc21. The minimum atomic E-state index is -0.0975. The molecular weight excluding hydrogens is 410 g/mol. The quantitative estimate of drug-likeness (QED) is 0.698. The van der Waals surface area contributed by atoms with Gasteiger partial charge in [-0.1, -0.05) is 34.1 Å². The van der Waals surface area contributed by atoms with Gasteiger partial charge >= 0.3 is 0 Å². The Balaban J connectivity index is 2.15. The molecule has 1 aliphatic heterocycles. The molecule has 0 saturated heterocycles. The van der Waals surface area contributed by atoms with Crippen LogP contribution in [-0.4, -0.2) is 12.5 Å². The van der Waals surface area contributed by atoms with Crippen LogP contribution < -0.4 is 10.1 Å². The molecule has 1 heterocycles. The maximum absolute atomic E-state index is 12.2. The number of benzene rings is 2. The highest BCUT2D eigenvalue weighted by Crippen LogP contribution is 2.38. The number of carbonyl (C=O) groups is 1. The molecule has 112 valence electrons. The highest BCUT2D eigenvalue weighted by atomic mass is 79.9. The average molecular weight is 423 g/mol. The predicted octanol–water partition coefficient (Wildman–Crippen LogP) is 5.10. The lowest BCUT2D eigenvalue weighted by molar-refractivity contribution is -0.110. The molecule has 5 heteroatoms. The molecular formula is C17H13Br2NO2. The highest BCUT2D eigenvalue weighted by Gasteiger charge is 2.24. The zero-order valence-electron chi connectivity index (χ0n) is 11.8. The van der Waals surface area contributed by atoms with Gasteiger partial charge in [0, 0.05) is 26.9 Å². The zero-order chi connectivity index (χ0) is 15.7. The second kappa shape index (κ2) is 6.26. The van der Waals surface area contributed by atoms with Gasteiger partial charge in [-0.2, -0.15) is 0 Å². The van der Waals surface area contributed by atoms with Gasteiger partial charge in [0.25, 0.3) is 5.91 Å². The molecule has 0 radical (unpaired) electrons. The fourth-order valence-corrected chi connectivity index (χ4v) is 3.79. The van der Waals surface area contributed by atoms with Crippen LogP contribution >= 0.6 is 31.9 Å². The molecule has 2 aromatic carbocycles. The number of halogens is 2. The first kappa shape index (κ1) is 15.3. The number of amides is 1. The summed E-state index contributed by atoms with van der Waals surface area (Å²) in [4.78, 5) is 12.2. The molecule has 2 aromatic rings. The summed E-state index contributed by atoms with van der Waals surface area (Å²) in [5, 5.41) is 2.88. The summed E-state index contributed by atoms with van der Waals surface area (Å²) in [6.07, 6.45) is 1.86. The topological polar surface area (TPSA) is 38.3 Å². The van der Waals surface area contributed by atoms with E-state index in [4.69, 9.17) is 4.74 Å². The van der Waals surface area contributed by atoms with Gasteiger partial charge < -0.3 is 10.1 Å². The monoisotopic (exact) mass is 421 g/mol. The average Bonchev–Trinajstić information content (AvgIpc) is 2.79. The van der Waals surface area contributed by atoms with Gasteiger partial charge in [-0.25, -0.2) is 0 Å². The molecule has 22 heavy (non-hydrogen) atoms. The van der Waals surface area contributed by atoms with Crippen LogP contribution in [0, 0.1) is 0 Å². The fraction of sp³-hybridized carbons (Fsp3) is 0.118. The van der Waals surface area contributed by atoms with E-state index in [9.17, 15) is 4.79 Å². The van der Waals surface area contributed by atoms with Crippen LogP contribution in [0.2, 0.25) is 0 Å². The van der Waals surface area contributed by atoms with Crippen LogP contribution in [-0.2, 0) is 4.79 Å². The van der Waals surface area contributed by atoms with E-state index in [1.807, 2.05) is 49.4 Å². The molecule has 0 atom stereocenters. The van der Waals surface area contributed by atoms with Crippen LogP contribution in [0.15, 0.2) is 45.3 Å². The molecule has 0 fully saturated rings. The Morgan fingerprint density at radius 3 is 2.77 bits per heavy atom. The van der Waals surface area contributed by atoms with Crippen molar-refractivity contribution in [2.24, 2.45) is 0 Å². The molecule has 3 rings (SSSR count). The lowest BCUT2D eigenvalue weighted by atomic mass is 10.0. The zero-order valence-corrected chi connectivity index (χ0v) is 15.0. The number of rotatable bonds is 3. The Hall–Kier alpha value is -1.59. The van der Waals surface area contributed by atoms with Crippen LogP contribution in [0.1, 0.15) is 18.1 Å². The summed E-state index contributed by atoms with van der Waals surface area (Å²) in [7, 11) is 0. The van der Waals surface area contributed by atoms with Gasteiger partial charge in [-0.15, -0.1) is 0 Å². The third-order valence-corrected chi connectivity index (χ3v) is 4.38. The van der Waals surface area contributed by atoms with Gasteiger partial charge in [0.1, 0.15) is 5.75 Å². The van der Waals surface area contributed by atoms with E-state index in [1.54, 1.807) is 0 Å². The summed E-state index contributed by atoms with van der Waals surface area (Å²) in [6, 6.07) is 11.5. The number of hydrogen-bond acceptors (Lipinski definition) is 2. The van der Waals surface area contributed by atoms with E-state index in [0.717, 1.165) is 31.5 Å². The minimum absolute atomic E-state index is 0.0975. The molecule has 1 N–H and O–H groups in total. The van der Waals surface area contributed by atoms with E-state index in [1.165, 1.54) is 0 Å². The first-order valence-corrected chi connectivity index (χ1v) is 8.43. The first-order valence-electron chi connectivity index (χ1n) is 6.84. The molecule has 0 unspecified atom stereocenters. The highest BCUT2D eigenvalue weighted by molar-refractivity contribution is 9.11. The smallest absolute Gasteiger partial charge is 0.256 e. The van der Waals surface area contributed by atoms with Crippen LogP contribution in [0.3, 0.4) is 0 Å². The molecule has 0 bridgehead atoms. The maximum Gasteiger partial charge on any atom is 0.256 e. The molecule has 0 spiro atoms. The molecule has 3 nitrogen and oxygen atoms in total. The van der Waals surface area contributed by atoms with E-state index in [2.05, 4.69) is 37.2 Å². The van der Waals surface area contributed by atoms with E-state index in [-0.39, 0.29) is 5.91 Å². The minimum Gasteiger partial charge on any atom is -0.492 e. The standard InChI is InChI=1S/C17H13Br2NO2/c1-2-22-16-10(7-11(18)9-14(16)19)8-13-12-5-3-4-6-15(12)20-17(13)21/h3-9H,2H2,1H3,(H,20,21)/b13-8-. The van der Waals surface area contributed by atoms with Crippen molar-refractivity contribution in [2.75, 3.05) is 11.9 Å². The molecule has 0 aromatic heterocycles. The second-order valence-corrected chi connectivity index (χ2v) is 6.57. The predicted molar refractivity (Wildman–Crippen MR) is 96.0 cm³/mol. The Morgan fingerprint density at radius 1 is 1.23 bits per heavy atom. The largest absolute Gasteiger partial charge is 0.492 e. The van der Waals surface area contributed by atoms with Gasteiger partial charge in [0.2, 0.25) is 0 Å². The summed E-state index contributed by atoms with van der Waals surface area (Å²) in [6.45, 7) is 2.49. The van der Waals surface area contributed by atoms with Crippen molar-refractivity contribution in [2.45, 2.75) is 6.92 Å². The van der Waals surface area contributed by atoms with Crippen molar-refractivity contribution in [1.82, 2.24) is 0 Å². The summed E-state index contributed by atoms with van der Waals surface area (Å²) in [5.41, 5.74) is 3.24. The summed E-state index contributed by atoms with van der Waals surface area (Å²) < 4.78 is 7.48. The molecule has 1 amide bonds. The van der Waals surface area contributed by atoms with Gasteiger partial charge in [-0.3, -0.25) is 4.79 Å². The van der Waals surface area contributed by atoms with Crippen molar-refractivity contribution >= 4 is 55.1 Å². The number of ether oxygens (including phenoxy) is 1. The Kier molecular flexibility index (Phi) is 4.36. The van der Waals surface area contributed by atoms with Crippen LogP contribution in [0.5, 0.6) is 5.75 Å². The number of nitrogens with one attached hydrogen (secondary N) is 1. The molecule has 1 aliphatic rings. The fourth-order valence-electron chi connectivity index (χ4n) is 2.42. The summed E-state index contributed by atoms with van der Waals surface area (Å²) >= 11 is 6.99. The lowest BCUT2D eigenvalue weighted by Gasteiger charge is -2.11. The Morgan fingerprint density at radius 2 is 2.00 bits per heavy atom. The van der Waals surface area contributed by atoms with Crippen molar-refractivity contribution < 1.29 is 9.53 Å². The maximum atomic E-state index is 12.2. The van der Waals surface area contributed by atoms with E-state index >= 15 is 0 Å². The van der Waals surface area contributed by atoms with E-state index in [0.29, 0.717) is 12.2 Å². The van der Waals surface area contributed by atoms with Gasteiger partial charge in [0.05, 0.1) is 11.1 Å². The molecule has 0 aliphatic carbocycles. The van der Waals surface area contributed by atoms with Crippen molar-refractivity contribution in [3.05, 3.63) is 56.5 Å². The van der Waals surface area contributed by atoms with Crippen LogP contribution in [0.4, 0.5) is 5.69 Å². The Bertz CT molecular complexity index is 784. The van der Waals surface area contributed by atoms with Gasteiger partial charge in [-0.05, 0) is 47.1 Å². The van der Waals surface area contributed by atoms with Crippen LogP contribution in [0.25, 0.3) is 11.6 Å². The normalized spacial score (nSPS) is 14.9.